The van der Waals surface area contributed by atoms with Crippen molar-refractivity contribution in [3.8, 4) is 0 Å². The smallest absolute Gasteiger partial charge is 0.309 e. The monoisotopic (exact) mass is 307 g/mol. The van der Waals surface area contributed by atoms with E-state index >= 15 is 0 Å². The number of esters is 1. The molecular formula is C11H16ClN2O2Zn-. The molecule has 0 aliphatic carbocycles. The van der Waals surface area contributed by atoms with Gasteiger partial charge in [-0.15, -0.1) is 0 Å². The van der Waals surface area contributed by atoms with Crippen molar-refractivity contribution in [3.05, 3.63) is 18.2 Å². The Morgan fingerprint density at radius 2 is 2.29 bits per heavy atom. The van der Waals surface area contributed by atoms with Crippen molar-refractivity contribution in [2.45, 2.75) is 19.8 Å². The van der Waals surface area contributed by atoms with Crippen LogP contribution in [0.4, 0.5) is 0 Å². The fraction of sp³-hybridized carbons (Fsp3) is 0.636. The second kappa shape index (κ2) is 7.12. The van der Waals surface area contributed by atoms with Crippen molar-refractivity contribution in [2.75, 3.05) is 6.61 Å². The van der Waals surface area contributed by atoms with Crippen LogP contribution in [-0.4, -0.2) is 22.1 Å². The summed E-state index contributed by atoms with van der Waals surface area (Å²) in [5, 5.41) is 0. The van der Waals surface area contributed by atoms with Crippen LogP contribution in [0.3, 0.4) is 0 Å². The summed E-state index contributed by atoms with van der Waals surface area (Å²) in [6.07, 6.45) is 5.38. The van der Waals surface area contributed by atoms with E-state index in [1.807, 2.05) is 24.7 Å². The van der Waals surface area contributed by atoms with Crippen LogP contribution >= 0.6 is 0 Å². The third kappa shape index (κ3) is 3.52. The number of aromatic nitrogens is 2. The largest absolute Gasteiger partial charge is 1.00 e. The van der Waals surface area contributed by atoms with Gasteiger partial charge in [-0.3, -0.25) is 4.79 Å². The average Bonchev–Trinajstić information content (AvgIpc) is 2.76. The molecule has 0 aromatic carbocycles. The molecule has 1 saturated heterocycles. The van der Waals surface area contributed by atoms with Crippen LogP contribution in [0.2, 0.25) is 0 Å². The third-order valence-corrected chi connectivity index (χ3v) is 3.14. The fourth-order valence-electron chi connectivity index (χ4n) is 2.16. The van der Waals surface area contributed by atoms with E-state index < -0.39 is 0 Å². The molecule has 0 saturated carbocycles. The van der Waals surface area contributed by atoms with Crippen molar-refractivity contribution in [1.82, 2.24) is 9.55 Å². The summed E-state index contributed by atoms with van der Waals surface area (Å²) in [5.74, 6) is 0.350. The van der Waals surface area contributed by atoms with E-state index in [2.05, 4.69) is 4.98 Å². The molecule has 1 aliphatic heterocycles. The number of rotatable bonds is 3. The summed E-state index contributed by atoms with van der Waals surface area (Å²) < 4.78 is 7.08. The zero-order chi connectivity index (χ0) is 10.8. The standard InChI is InChI=1S/C11H16N2O2.ClH.Zn/c1-3-10-8(6-15-11(10)14)4-9-5-12-7-13(9)2;;/h5,7-8,10H,3-4,6H2,1-2H3;1H;/p-1/t8-,10-;;/m0../s1. The summed E-state index contributed by atoms with van der Waals surface area (Å²) in [4.78, 5) is 15.5. The second-order valence-electron chi connectivity index (χ2n) is 4.10. The minimum Gasteiger partial charge on any atom is -1.00 e. The third-order valence-electron chi connectivity index (χ3n) is 3.14. The zero-order valence-electron chi connectivity index (χ0n) is 10.2. The topological polar surface area (TPSA) is 44.1 Å². The molecule has 0 radical (unpaired) electrons. The minimum atomic E-state index is -0.0373. The second-order valence-corrected chi connectivity index (χ2v) is 4.10. The van der Waals surface area contributed by atoms with Gasteiger partial charge in [-0.05, 0) is 12.8 Å². The van der Waals surface area contributed by atoms with E-state index in [0.29, 0.717) is 12.5 Å². The molecule has 4 nitrogen and oxygen atoms in total. The molecule has 1 aromatic rings. The number of cyclic esters (lactones) is 1. The molecule has 0 bridgehead atoms. The Labute approximate surface area is 120 Å². The molecule has 2 atom stereocenters. The van der Waals surface area contributed by atoms with Crippen molar-refractivity contribution in [1.29, 1.82) is 0 Å². The van der Waals surface area contributed by atoms with Crippen LogP contribution in [0.25, 0.3) is 0 Å². The Morgan fingerprint density at radius 3 is 2.82 bits per heavy atom. The molecule has 1 aliphatic rings. The van der Waals surface area contributed by atoms with Gasteiger partial charge in [-0.25, -0.2) is 4.98 Å². The van der Waals surface area contributed by atoms with Gasteiger partial charge in [0.1, 0.15) is 0 Å². The van der Waals surface area contributed by atoms with Gasteiger partial charge in [0.25, 0.3) is 0 Å². The van der Waals surface area contributed by atoms with Crippen LogP contribution in [0.5, 0.6) is 0 Å². The Balaban J connectivity index is 0.00000128. The van der Waals surface area contributed by atoms with E-state index in [-0.39, 0.29) is 43.8 Å². The minimum absolute atomic E-state index is 0. The zero-order valence-corrected chi connectivity index (χ0v) is 13.9. The summed E-state index contributed by atoms with van der Waals surface area (Å²) in [6, 6.07) is 0. The van der Waals surface area contributed by atoms with Gasteiger partial charge >= 0.3 is 5.97 Å². The number of carbonyl (C=O) groups is 1. The molecule has 1 fully saturated rings. The number of imidazole rings is 1. The van der Waals surface area contributed by atoms with Crippen molar-refractivity contribution in [3.63, 3.8) is 0 Å². The Bertz CT molecular complexity index is 370. The van der Waals surface area contributed by atoms with Gasteiger partial charge < -0.3 is 21.7 Å². The molecule has 0 spiro atoms. The predicted octanol–water partition coefficient (Wildman–Crippen LogP) is -1.84. The number of nitrogens with zero attached hydrogens (tertiary/aromatic N) is 2. The Kier molecular flexibility index (Phi) is 6.95. The molecule has 2 rings (SSSR count). The maximum absolute atomic E-state index is 11.4. The number of aryl methyl sites for hydroxylation is 1. The van der Waals surface area contributed by atoms with E-state index in [1.165, 1.54) is 0 Å². The summed E-state index contributed by atoms with van der Waals surface area (Å²) in [7, 11) is 1.97. The molecule has 17 heavy (non-hydrogen) atoms. The summed E-state index contributed by atoms with van der Waals surface area (Å²) in [5.41, 5.74) is 1.16. The van der Waals surface area contributed by atoms with Crippen molar-refractivity contribution >= 4 is 5.97 Å². The number of halogens is 1. The number of ether oxygens (including phenoxy) is 1. The summed E-state index contributed by atoms with van der Waals surface area (Å²) in [6.45, 7) is 2.59. The molecule has 0 N–H and O–H groups in total. The van der Waals surface area contributed by atoms with E-state index in [1.54, 1.807) is 6.33 Å². The SMILES string of the molecule is CC[C@@H]1C(=O)OC[C@@H]1Cc1cncn1C.[Cl-].[Zn]. The van der Waals surface area contributed by atoms with Crippen LogP contribution < -0.4 is 12.4 Å². The van der Waals surface area contributed by atoms with Gasteiger partial charge in [0.05, 0.1) is 18.9 Å². The molecule has 92 valence electrons. The van der Waals surface area contributed by atoms with Crippen LogP contribution in [0.1, 0.15) is 19.0 Å². The Morgan fingerprint density at radius 1 is 1.59 bits per heavy atom. The first-order valence-corrected chi connectivity index (χ1v) is 5.34. The van der Waals surface area contributed by atoms with Gasteiger partial charge in [0, 0.05) is 44.3 Å². The quantitative estimate of drug-likeness (QED) is 0.487. The van der Waals surface area contributed by atoms with Gasteiger partial charge in [-0.2, -0.15) is 0 Å². The van der Waals surface area contributed by atoms with E-state index in [9.17, 15) is 4.79 Å². The maximum Gasteiger partial charge on any atom is 0.309 e. The summed E-state index contributed by atoms with van der Waals surface area (Å²) >= 11 is 0. The van der Waals surface area contributed by atoms with E-state index in [0.717, 1.165) is 18.5 Å². The molecule has 6 heteroatoms. The predicted molar refractivity (Wildman–Crippen MR) is 55.1 cm³/mol. The molecular weight excluding hydrogens is 293 g/mol. The van der Waals surface area contributed by atoms with Crippen LogP contribution in [0, 0.1) is 11.8 Å². The maximum atomic E-state index is 11.4. The van der Waals surface area contributed by atoms with Crippen LogP contribution in [0.15, 0.2) is 12.5 Å². The normalized spacial score (nSPS) is 22.6. The van der Waals surface area contributed by atoms with Gasteiger partial charge in [0.15, 0.2) is 0 Å². The fourth-order valence-corrected chi connectivity index (χ4v) is 2.16. The number of carbonyl (C=O) groups excluding carboxylic acids is 1. The Hall–Kier alpha value is -0.407. The first-order valence-electron chi connectivity index (χ1n) is 5.34. The van der Waals surface area contributed by atoms with E-state index in [4.69, 9.17) is 4.74 Å². The van der Waals surface area contributed by atoms with Crippen LogP contribution in [-0.2, 0) is 42.5 Å². The number of hydrogen-bond donors (Lipinski definition) is 0. The molecule has 2 heterocycles. The van der Waals surface area contributed by atoms with Crippen molar-refractivity contribution in [2.24, 2.45) is 18.9 Å². The van der Waals surface area contributed by atoms with Crippen molar-refractivity contribution < 1.29 is 41.4 Å². The molecule has 0 unspecified atom stereocenters. The molecule has 1 aromatic heterocycles. The molecule has 0 amide bonds. The first kappa shape index (κ1) is 16.6. The average molecular weight is 309 g/mol. The van der Waals surface area contributed by atoms with Gasteiger partial charge in [-0.1, -0.05) is 6.92 Å². The van der Waals surface area contributed by atoms with Gasteiger partial charge in [0.2, 0.25) is 0 Å². The first-order chi connectivity index (χ1) is 7.22. The number of hydrogen-bond acceptors (Lipinski definition) is 3.